The summed E-state index contributed by atoms with van der Waals surface area (Å²) in [5.41, 5.74) is -1.57. The molecule has 0 spiro atoms. The van der Waals surface area contributed by atoms with E-state index in [1.807, 2.05) is 0 Å². The maximum atomic E-state index is 13.1. The van der Waals surface area contributed by atoms with Crippen molar-refractivity contribution in [2.24, 2.45) is 17.8 Å². The zero-order chi connectivity index (χ0) is 17.3. The SMILES string of the molecule is [C-]#[N+]c1ccc(N2C[C@@H]3[C@H]4CC[C@H](C4)[C@@H]3S2(=O)=O)cc1C(F)(F)F. The second-order valence-corrected chi connectivity index (χ2v) is 8.86. The third-order valence-corrected chi connectivity index (χ3v) is 8.12. The van der Waals surface area contributed by atoms with Crippen LogP contribution >= 0.6 is 0 Å². The molecule has 24 heavy (non-hydrogen) atoms. The first-order valence-corrected chi connectivity index (χ1v) is 9.34. The topological polar surface area (TPSA) is 41.7 Å². The van der Waals surface area contributed by atoms with Gasteiger partial charge < -0.3 is 0 Å². The maximum absolute atomic E-state index is 13.1. The summed E-state index contributed by atoms with van der Waals surface area (Å²) in [5, 5.41) is -0.453. The normalized spacial score (nSPS) is 33.5. The first-order chi connectivity index (χ1) is 11.2. The van der Waals surface area contributed by atoms with Crippen molar-refractivity contribution in [3.05, 3.63) is 35.2 Å². The van der Waals surface area contributed by atoms with Gasteiger partial charge in [0.05, 0.1) is 17.4 Å². The van der Waals surface area contributed by atoms with E-state index in [1.54, 1.807) is 0 Å². The van der Waals surface area contributed by atoms with Gasteiger partial charge in [0.2, 0.25) is 10.0 Å². The minimum Gasteiger partial charge on any atom is -0.270 e. The van der Waals surface area contributed by atoms with Crippen LogP contribution in [0.4, 0.5) is 24.5 Å². The van der Waals surface area contributed by atoms with Gasteiger partial charge in [-0.15, -0.1) is 0 Å². The number of benzene rings is 1. The molecular weight excluding hydrogens is 341 g/mol. The van der Waals surface area contributed by atoms with Gasteiger partial charge in [-0.2, -0.15) is 13.2 Å². The minimum atomic E-state index is -4.69. The third-order valence-electron chi connectivity index (χ3n) is 5.73. The second kappa shape index (κ2) is 4.88. The molecule has 1 heterocycles. The molecule has 0 radical (unpaired) electrons. The Morgan fingerprint density at radius 3 is 2.54 bits per heavy atom. The van der Waals surface area contributed by atoms with Crippen LogP contribution in [0.1, 0.15) is 24.8 Å². The number of alkyl halides is 3. The molecule has 0 N–H and O–H groups in total. The lowest BCUT2D eigenvalue weighted by Crippen LogP contribution is -2.33. The Morgan fingerprint density at radius 1 is 1.21 bits per heavy atom. The van der Waals surface area contributed by atoms with Gasteiger partial charge in [-0.05, 0) is 49.1 Å². The summed E-state index contributed by atoms with van der Waals surface area (Å²) in [6.07, 6.45) is -1.86. The molecule has 1 aromatic carbocycles. The number of fused-ring (bicyclic) bond motifs is 5. The van der Waals surface area contributed by atoms with Crippen LogP contribution in [0.3, 0.4) is 0 Å². The molecule has 4 rings (SSSR count). The summed E-state index contributed by atoms with van der Waals surface area (Å²) in [4.78, 5) is 2.89. The summed E-state index contributed by atoms with van der Waals surface area (Å²) in [5.74, 6) is 0.521. The number of rotatable bonds is 1. The zero-order valence-corrected chi connectivity index (χ0v) is 13.4. The zero-order valence-electron chi connectivity index (χ0n) is 12.6. The molecule has 3 aliphatic rings. The number of sulfonamides is 1. The molecule has 2 saturated carbocycles. The maximum Gasteiger partial charge on any atom is 0.407 e. The summed E-state index contributed by atoms with van der Waals surface area (Å²) < 4.78 is 66.3. The Hall–Kier alpha value is -1.75. The highest BCUT2D eigenvalue weighted by atomic mass is 32.2. The highest BCUT2D eigenvalue weighted by Gasteiger charge is 2.59. The van der Waals surface area contributed by atoms with Crippen molar-refractivity contribution in [1.29, 1.82) is 0 Å². The Balaban J connectivity index is 1.77. The van der Waals surface area contributed by atoms with Gasteiger partial charge in [-0.1, -0.05) is 6.07 Å². The standard InChI is InChI=1S/C16H15F3N2O2S/c1-20-14-5-4-11(7-13(14)16(17,18)19)21-8-12-9-2-3-10(6-9)15(12)24(21,22)23/h4-5,7,9-10,12,15H,2-3,6,8H2/t9-,10+,12+,15-/m0/s1. The van der Waals surface area contributed by atoms with E-state index in [9.17, 15) is 21.6 Å². The lowest BCUT2D eigenvalue weighted by molar-refractivity contribution is -0.136. The smallest absolute Gasteiger partial charge is 0.270 e. The van der Waals surface area contributed by atoms with Gasteiger partial charge >= 0.3 is 6.18 Å². The van der Waals surface area contributed by atoms with Gasteiger partial charge in [-0.3, -0.25) is 4.31 Å². The van der Waals surface area contributed by atoms with E-state index in [0.29, 0.717) is 5.92 Å². The predicted molar refractivity (Wildman–Crippen MR) is 82.1 cm³/mol. The number of halogens is 3. The summed E-state index contributed by atoms with van der Waals surface area (Å²) in [7, 11) is -3.64. The fraction of sp³-hybridized carbons (Fsp3) is 0.562. The Labute approximate surface area is 138 Å². The molecule has 1 aromatic rings. The van der Waals surface area contributed by atoms with Crippen molar-refractivity contribution in [2.75, 3.05) is 10.8 Å². The van der Waals surface area contributed by atoms with E-state index < -0.39 is 32.7 Å². The molecule has 4 atom stereocenters. The summed E-state index contributed by atoms with van der Waals surface area (Å²) >= 11 is 0. The van der Waals surface area contributed by atoms with Crippen molar-refractivity contribution < 1.29 is 21.6 Å². The number of nitrogens with zero attached hydrogens (tertiary/aromatic N) is 2. The van der Waals surface area contributed by atoms with Crippen molar-refractivity contribution in [3.63, 3.8) is 0 Å². The van der Waals surface area contributed by atoms with Crippen molar-refractivity contribution in [3.8, 4) is 0 Å². The van der Waals surface area contributed by atoms with E-state index in [0.717, 1.165) is 35.7 Å². The molecule has 0 amide bonds. The highest BCUT2D eigenvalue weighted by molar-refractivity contribution is 7.93. The van der Waals surface area contributed by atoms with E-state index in [1.165, 1.54) is 6.07 Å². The van der Waals surface area contributed by atoms with Crippen molar-refractivity contribution in [2.45, 2.75) is 30.7 Å². The van der Waals surface area contributed by atoms with Crippen LogP contribution in [0.2, 0.25) is 0 Å². The minimum absolute atomic E-state index is 0.0172. The molecule has 8 heteroatoms. The lowest BCUT2D eigenvalue weighted by Gasteiger charge is -2.22. The molecule has 2 bridgehead atoms. The average Bonchev–Trinajstić information content (AvgIpc) is 3.18. The predicted octanol–water partition coefficient (Wildman–Crippen LogP) is 3.82. The lowest BCUT2D eigenvalue weighted by atomic mass is 9.88. The summed E-state index contributed by atoms with van der Waals surface area (Å²) in [6, 6.07) is 3.17. The molecular formula is C16H15F3N2O2S. The van der Waals surface area contributed by atoms with Gasteiger partial charge in [-0.25, -0.2) is 13.3 Å². The quantitative estimate of drug-likeness (QED) is 0.718. The van der Waals surface area contributed by atoms with Crippen molar-refractivity contribution >= 4 is 21.4 Å². The van der Waals surface area contributed by atoms with Gasteiger partial charge in [0.1, 0.15) is 0 Å². The molecule has 128 valence electrons. The van der Waals surface area contributed by atoms with Gasteiger partial charge in [0.15, 0.2) is 5.69 Å². The van der Waals surface area contributed by atoms with Crippen LogP contribution in [0.15, 0.2) is 18.2 Å². The molecule has 0 aromatic heterocycles. The molecule has 3 fully saturated rings. The third kappa shape index (κ3) is 2.07. The largest absolute Gasteiger partial charge is 0.407 e. The fourth-order valence-electron chi connectivity index (χ4n) is 4.77. The van der Waals surface area contributed by atoms with Crippen LogP contribution in [-0.4, -0.2) is 20.2 Å². The van der Waals surface area contributed by atoms with E-state index in [-0.39, 0.29) is 24.1 Å². The number of hydrogen-bond acceptors (Lipinski definition) is 2. The highest BCUT2D eigenvalue weighted by Crippen LogP contribution is 2.56. The average molecular weight is 356 g/mol. The molecule has 1 saturated heterocycles. The van der Waals surface area contributed by atoms with Crippen LogP contribution < -0.4 is 4.31 Å². The number of hydrogen-bond donors (Lipinski definition) is 0. The van der Waals surface area contributed by atoms with E-state index in [2.05, 4.69) is 4.85 Å². The Kier molecular flexibility index (Phi) is 3.21. The molecule has 2 aliphatic carbocycles. The second-order valence-electron chi connectivity index (χ2n) is 6.85. The Morgan fingerprint density at radius 2 is 1.92 bits per heavy atom. The fourth-order valence-corrected chi connectivity index (χ4v) is 7.34. The molecule has 1 aliphatic heterocycles. The van der Waals surface area contributed by atoms with Crippen molar-refractivity contribution in [1.82, 2.24) is 0 Å². The first-order valence-electron chi connectivity index (χ1n) is 7.83. The molecule has 4 nitrogen and oxygen atoms in total. The summed E-state index contributed by atoms with van der Waals surface area (Å²) in [6.45, 7) is 7.13. The van der Waals surface area contributed by atoms with Gasteiger partial charge in [0.25, 0.3) is 0 Å². The van der Waals surface area contributed by atoms with E-state index >= 15 is 0 Å². The molecule has 0 unspecified atom stereocenters. The first kappa shape index (κ1) is 15.8. The van der Waals surface area contributed by atoms with Crippen LogP contribution in [0.5, 0.6) is 0 Å². The van der Waals surface area contributed by atoms with E-state index in [4.69, 9.17) is 6.57 Å². The van der Waals surface area contributed by atoms with Gasteiger partial charge in [0, 0.05) is 12.2 Å². The Bertz CT molecular complexity index is 844. The van der Waals surface area contributed by atoms with Crippen LogP contribution in [0, 0.1) is 24.3 Å². The van der Waals surface area contributed by atoms with Crippen LogP contribution in [0.25, 0.3) is 4.85 Å². The monoisotopic (exact) mass is 356 g/mol. The van der Waals surface area contributed by atoms with Crippen LogP contribution in [-0.2, 0) is 16.2 Å². The number of anilines is 1.